The number of aromatic amines is 1. The number of fused-ring (bicyclic) bond motifs is 1. The Kier molecular flexibility index (Phi) is 6.24. The highest BCUT2D eigenvalue weighted by Crippen LogP contribution is 2.31. The van der Waals surface area contributed by atoms with Gasteiger partial charge in [-0.05, 0) is 54.8 Å². The second kappa shape index (κ2) is 9.63. The number of H-pyrrole nitrogens is 1. The average Bonchev–Trinajstić information content (AvgIpc) is 3.55. The van der Waals surface area contributed by atoms with E-state index >= 15 is 0 Å². The third kappa shape index (κ3) is 4.90. The first kappa shape index (κ1) is 22.7. The van der Waals surface area contributed by atoms with Crippen molar-refractivity contribution in [3.05, 3.63) is 59.8 Å². The minimum Gasteiger partial charge on any atom is -0.453 e. The number of hydrogen-bond acceptors (Lipinski definition) is 5. The molecule has 3 heterocycles. The molecule has 178 valence electrons. The Bertz CT molecular complexity index is 1400. The van der Waals surface area contributed by atoms with Crippen molar-refractivity contribution in [2.45, 2.75) is 12.8 Å². The number of amides is 3. The van der Waals surface area contributed by atoms with Crippen LogP contribution < -0.4 is 10.6 Å². The number of urea groups is 1. The van der Waals surface area contributed by atoms with Gasteiger partial charge in [0.2, 0.25) is 0 Å². The number of likely N-dealkylation sites (tertiary alicyclic amines) is 1. The number of benzene rings is 2. The zero-order chi connectivity index (χ0) is 24.4. The summed E-state index contributed by atoms with van der Waals surface area (Å²) in [6.07, 6.45) is 3.28. The van der Waals surface area contributed by atoms with E-state index in [1.807, 2.05) is 24.3 Å². The summed E-state index contributed by atoms with van der Waals surface area (Å²) in [5.41, 5.74) is 5.06. The van der Waals surface area contributed by atoms with Crippen LogP contribution in [0.5, 0.6) is 0 Å². The molecule has 0 bridgehead atoms. The molecule has 35 heavy (non-hydrogen) atoms. The smallest absolute Gasteiger partial charge is 0.411 e. The quantitative estimate of drug-likeness (QED) is 0.337. The molecule has 0 unspecified atom stereocenters. The Morgan fingerprint density at radius 1 is 1.00 bits per heavy atom. The lowest BCUT2D eigenvalue weighted by molar-refractivity contribution is 0.187. The Labute approximate surface area is 206 Å². The number of pyridine rings is 1. The van der Waals surface area contributed by atoms with Crippen LogP contribution in [0.3, 0.4) is 0 Å². The Morgan fingerprint density at radius 3 is 2.49 bits per heavy atom. The molecule has 1 aliphatic heterocycles. The predicted octanol–water partition coefficient (Wildman–Crippen LogP) is 5.75. The number of carbonyl (C=O) groups excluding carboxylic acids is 2. The van der Waals surface area contributed by atoms with Gasteiger partial charge in [-0.3, -0.25) is 5.32 Å². The zero-order valence-corrected chi connectivity index (χ0v) is 19.7. The summed E-state index contributed by atoms with van der Waals surface area (Å²) in [5.74, 6) is 0.560. The highest BCUT2D eigenvalue weighted by molar-refractivity contribution is 6.33. The van der Waals surface area contributed by atoms with Gasteiger partial charge in [0.05, 0.1) is 17.6 Å². The van der Waals surface area contributed by atoms with E-state index in [1.54, 1.807) is 35.4 Å². The number of ether oxygens (including phenoxy) is 1. The number of aromatic nitrogens is 3. The van der Waals surface area contributed by atoms with Crippen LogP contribution in [-0.2, 0) is 4.74 Å². The van der Waals surface area contributed by atoms with Crippen molar-refractivity contribution in [2.75, 3.05) is 30.8 Å². The van der Waals surface area contributed by atoms with Crippen molar-refractivity contribution in [3.63, 3.8) is 0 Å². The number of hydrogen-bond donors (Lipinski definition) is 3. The van der Waals surface area contributed by atoms with Gasteiger partial charge in [-0.15, -0.1) is 0 Å². The molecule has 0 spiro atoms. The number of nitrogens with zero attached hydrogens (tertiary/aromatic N) is 3. The molecule has 5 rings (SSSR count). The molecule has 1 fully saturated rings. The number of methoxy groups -OCH3 is 1. The van der Waals surface area contributed by atoms with Crippen molar-refractivity contribution >= 4 is 46.3 Å². The van der Waals surface area contributed by atoms with Gasteiger partial charge in [0.15, 0.2) is 5.65 Å². The molecule has 0 atom stereocenters. The summed E-state index contributed by atoms with van der Waals surface area (Å²) in [7, 11) is 1.32. The predicted molar refractivity (Wildman–Crippen MR) is 136 cm³/mol. The summed E-state index contributed by atoms with van der Waals surface area (Å²) in [6.45, 7) is 1.54. The fourth-order valence-electron chi connectivity index (χ4n) is 4.01. The third-order valence-electron chi connectivity index (χ3n) is 5.85. The normalized spacial score (nSPS) is 13.1. The van der Waals surface area contributed by atoms with Crippen LogP contribution in [0.2, 0.25) is 5.02 Å². The molecule has 1 saturated heterocycles. The van der Waals surface area contributed by atoms with Crippen molar-refractivity contribution in [2.24, 2.45) is 0 Å². The molecule has 9 nitrogen and oxygen atoms in total. The minimum absolute atomic E-state index is 0.112. The van der Waals surface area contributed by atoms with Crippen molar-refractivity contribution in [1.82, 2.24) is 19.9 Å². The van der Waals surface area contributed by atoms with Crippen LogP contribution in [0.25, 0.3) is 33.7 Å². The van der Waals surface area contributed by atoms with Gasteiger partial charge in [-0.1, -0.05) is 23.7 Å². The first-order chi connectivity index (χ1) is 17.0. The first-order valence-corrected chi connectivity index (χ1v) is 11.5. The Balaban J connectivity index is 1.39. The van der Waals surface area contributed by atoms with Gasteiger partial charge in [0.1, 0.15) is 5.82 Å². The van der Waals surface area contributed by atoms with Gasteiger partial charge in [-0.25, -0.2) is 19.6 Å². The number of carbonyl (C=O) groups is 2. The van der Waals surface area contributed by atoms with Gasteiger partial charge < -0.3 is 19.9 Å². The second-order valence-electron chi connectivity index (χ2n) is 8.19. The standard InChI is InChI=1S/C25H23ClN6O3/c1-35-25(34)29-17-6-4-15(5-7-17)16-12-21-23(27-14-16)31-22(30-21)19-13-18(8-9-20(19)26)28-24(33)32-10-2-3-11-32/h4-9,12-14H,2-3,10-11H2,1H3,(H,28,33)(H,29,34)(H,27,30,31). The molecule has 0 radical (unpaired) electrons. The molecule has 0 aliphatic carbocycles. The highest BCUT2D eigenvalue weighted by Gasteiger charge is 2.19. The topological polar surface area (TPSA) is 112 Å². The maximum atomic E-state index is 12.5. The van der Waals surface area contributed by atoms with Gasteiger partial charge in [-0.2, -0.15) is 0 Å². The van der Waals surface area contributed by atoms with E-state index in [0.717, 1.165) is 42.6 Å². The van der Waals surface area contributed by atoms with Crippen LogP contribution in [0, 0.1) is 0 Å². The van der Waals surface area contributed by atoms with E-state index < -0.39 is 6.09 Å². The molecular weight excluding hydrogens is 468 g/mol. The number of imidazole rings is 1. The summed E-state index contributed by atoms with van der Waals surface area (Å²) in [5, 5.41) is 6.08. The molecule has 10 heteroatoms. The van der Waals surface area contributed by atoms with Crippen LogP contribution in [0.4, 0.5) is 21.0 Å². The lowest BCUT2D eigenvalue weighted by Gasteiger charge is -2.16. The van der Waals surface area contributed by atoms with Crippen LogP contribution in [-0.4, -0.2) is 52.2 Å². The SMILES string of the molecule is COC(=O)Nc1ccc(-c2cnc3nc(-c4cc(NC(=O)N5CCCC5)ccc4Cl)[nH]c3c2)cc1. The van der Waals surface area contributed by atoms with E-state index in [-0.39, 0.29) is 6.03 Å². The molecular formula is C25H23ClN6O3. The van der Waals surface area contributed by atoms with Crippen LogP contribution in [0.15, 0.2) is 54.7 Å². The van der Waals surface area contributed by atoms with E-state index in [0.29, 0.717) is 33.4 Å². The van der Waals surface area contributed by atoms with E-state index in [4.69, 9.17) is 11.6 Å². The van der Waals surface area contributed by atoms with Crippen LogP contribution >= 0.6 is 11.6 Å². The molecule has 3 N–H and O–H groups in total. The molecule has 0 saturated carbocycles. The molecule has 2 aromatic heterocycles. The number of nitrogens with one attached hydrogen (secondary N) is 3. The number of anilines is 2. The van der Waals surface area contributed by atoms with Crippen molar-refractivity contribution in [3.8, 4) is 22.5 Å². The van der Waals surface area contributed by atoms with Gasteiger partial charge >= 0.3 is 12.1 Å². The Hall–Kier alpha value is -4.11. The van der Waals surface area contributed by atoms with Gasteiger partial charge in [0.25, 0.3) is 0 Å². The van der Waals surface area contributed by atoms with E-state index in [9.17, 15) is 9.59 Å². The number of halogens is 1. The zero-order valence-electron chi connectivity index (χ0n) is 19.0. The highest BCUT2D eigenvalue weighted by atomic mass is 35.5. The molecule has 3 amide bonds. The molecule has 4 aromatic rings. The van der Waals surface area contributed by atoms with Gasteiger partial charge in [0, 0.05) is 41.8 Å². The summed E-state index contributed by atoms with van der Waals surface area (Å²) >= 11 is 6.47. The summed E-state index contributed by atoms with van der Waals surface area (Å²) < 4.78 is 4.61. The summed E-state index contributed by atoms with van der Waals surface area (Å²) in [6, 6.07) is 14.5. The van der Waals surface area contributed by atoms with Crippen molar-refractivity contribution < 1.29 is 14.3 Å². The molecule has 1 aliphatic rings. The molecule has 2 aromatic carbocycles. The lowest BCUT2D eigenvalue weighted by Crippen LogP contribution is -2.32. The fraction of sp³-hybridized carbons (Fsp3) is 0.200. The van der Waals surface area contributed by atoms with Crippen molar-refractivity contribution in [1.29, 1.82) is 0 Å². The summed E-state index contributed by atoms with van der Waals surface area (Å²) in [4.78, 5) is 38.0. The Morgan fingerprint density at radius 2 is 1.74 bits per heavy atom. The fourth-order valence-corrected chi connectivity index (χ4v) is 4.21. The number of rotatable bonds is 4. The maximum absolute atomic E-state index is 12.5. The second-order valence-corrected chi connectivity index (χ2v) is 8.60. The third-order valence-corrected chi connectivity index (χ3v) is 6.18. The van der Waals surface area contributed by atoms with Crippen LogP contribution in [0.1, 0.15) is 12.8 Å². The van der Waals surface area contributed by atoms with E-state index in [1.165, 1.54) is 7.11 Å². The minimum atomic E-state index is -0.524. The maximum Gasteiger partial charge on any atom is 0.411 e. The monoisotopic (exact) mass is 490 g/mol. The largest absolute Gasteiger partial charge is 0.453 e. The van der Waals surface area contributed by atoms with E-state index in [2.05, 4.69) is 30.3 Å². The lowest BCUT2D eigenvalue weighted by atomic mass is 10.1. The first-order valence-electron chi connectivity index (χ1n) is 11.2. The average molecular weight is 491 g/mol.